The summed E-state index contributed by atoms with van der Waals surface area (Å²) in [4.78, 5) is 4.34. The summed E-state index contributed by atoms with van der Waals surface area (Å²) < 4.78 is 2.93. The molecule has 0 atom stereocenters. The first-order chi connectivity index (χ1) is 5.66. The van der Waals surface area contributed by atoms with Gasteiger partial charge >= 0.3 is 0 Å². The minimum Gasteiger partial charge on any atom is -0.304 e. The highest BCUT2D eigenvalue weighted by Gasteiger charge is 2.02. The Balaban J connectivity index is 2.88. The summed E-state index contributed by atoms with van der Waals surface area (Å²) in [6.45, 7) is 2.00. The van der Waals surface area contributed by atoms with Gasteiger partial charge in [-0.1, -0.05) is 11.6 Å². The summed E-state index contributed by atoms with van der Waals surface area (Å²) >= 11 is 8.07. The quantitative estimate of drug-likeness (QED) is 0.683. The van der Waals surface area contributed by atoms with Gasteiger partial charge in [-0.3, -0.25) is 0 Å². The molecular formula is C8H6ClIN2. The van der Waals surface area contributed by atoms with Crippen molar-refractivity contribution in [3.05, 3.63) is 32.7 Å². The van der Waals surface area contributed by atoms with Crippen LogP contribution in [0.4, 0.5) is 0 Å². The average molecular weight is 293 g/mol. The molecule has 0 aliphatic rings. The molecule has 0 saturated carbocycles. The molecule has 0 unspecified atom stereocenters. The Kier molecular flexibility index (Phi) is 2.00. The molecule has 0 aromatic carbocycles. The monoisotopic (exact) mass is 292 g/mol. The van der Waals surface area contributed by atoms with Gasteiger partial charge in [-0.05, 0) is 41.1 Å². The third kappa shape index (κ3) is 1.31. The third-order valence-corrected chi connectivity index (χ3v) is 2.40. The van der Waals surface area contributed by atoms with Gasteiger partial charge in [0.1, 0.15) is 9.35 Å². The van der Waals surface area contributed by atoms with Gasteiger partial charge in [0, 0.05) is 12.4 Å². The van der Waals surface area contributed by atoms with Gasteiger partial charge < -0.3 is 4.40 Å². The first-order valence-corrected chi connectivity index (χ1v) is 4.93. The minimum atomic E-state index is 0.744. The molecule has 0 saturated heterocycles. The number of aryl methyl sites for hydroxylation is 1. The van der Waals surface area contributed by atoms with Crippen LogP contribution in [0.25, 0.3) is 5.65 Å². The maximum absolute atomic E-state index is 5.88. The van der Waals surface area contributed by atoms with Crippen LogP contribution in [0.2, 0.25) is 5.02 Å². The first kappa shape index (κ1) is 8.31. The second kappa shape index (κ2) is 2.88. The van der Waals surface area contributed by atoms with E-state index in [0.29, 0.717) is 0 Å². The first-order valence-electron chi connectivity index (χ1n) is 3.47. The molecule has 0 amide bonds. The van der Waals surface area contributed by atoms with Crippen LogP contribution in [-0.4, -0.2) is 9.38 Å². The van der Waals surface area contributed by atoms with Crippen LogP contribution < -0.4 is 0 Å². The van der Waals surface area contributed by atoms with E-state index < -0.39 is 0 Å². The van der Waals surface area contributed by atoms with Crippen LogP contribution in [-0.2, 0) is 0 Å². The lowest BCUT2D eigenvalue weighted by molar-refractivity contribution is 1.16. The molecule has 2 heterocycles. The summed E-state index contributed by atoms with van der Waals surface area (Å²) in [6.07, 6.45) is 3.81. The summed E-state index contributed by atoms with van der Waals surface area (Å²) in [5.74, 6) is 0. The number of aromatic nitrogens is 2. The Bertz CT molecular complexity index is 436. The van der Waals surface area contributed by atoms with E-state index in [1.807, 2.05) is 29.8 Å². The Morgan fingerprint density at radius 2 is 2.25 bits per heavy atom. The number of nitrogens with zero attached hydrogens (tertiary/aromatic N) is 2. The summed E-state index contributed by atoms with van der Waals surface area (Å²) in [5.41, 5.74) is 2.08. The maximum atomic E-state index is 5.88. The number of hydrogen-bond donors (Lipinski definition) is 0. The number of pyridine rings is 1. The third-order valence-electron chi connectivity index (χ3n) is 1.67. The molecule has 2 rings (SSSR count). The fourth-order valence-electron chi connectivity index (χ4n) is 1.20. The van der Waals surface area contributed by atoms with Gasteiger partial charge in [-0.25, -0.2) is 4.98 Å². The fraction of sp³-hybridized carbons (Fsp3) is 0.125. The highest BCUT2D eigenvalue weighted by atomic mass is 127. The van der Waals surface area contributed by atoms with E-state index in [9.17, 15) is 0 Å². The van der Waals surface area contributed by atoms with Gasteiger partial charge in [0.05, 0.1) is 5.02 Å². The average Bonchev–Trinajstić information content (AvgIpc) is 2.29. The molecule has 0 N–H and O–H groups in total. The molecule has 4 heteroatoms. The van der Waals surface area contributed by atoms with Crippen LogP contribution in [0.1, 0.15) is 5.56 Å². The van der Waals surface area contributed by atoms with Gasteiger partial charge in [-0.2, -0.15) is 0 Å². The van der Waals surface area contributed by atoms with Crippen molar-refractivity contribution in [3.8, 4) is 0 Å². The zero-order valence-corrected chi connectivity index (χ0v) is 9.30. The number of halogens is 2. The van der Waals surface area contributed by atoms with E-state index in [-0.39, 0.29) is 0 Å². The molecular weight excluding hydrogens is 286 g/mol. The zero-order valence-electron chi connectivity index (χ0n) is 6.38. The summed E-state index contributed by atoms with van der Waals surface area (Å²) in [6, 6.07) is 1.92. The van der Waals surface area contributed by atoms with Crippen molar-refractivity contribution in [2.45, 2.75) is 6.92 Å². The van der Waals surface area contributed by atoms with E-state index in [4.69, 9.17) is 11.6 Å². The fourth-order valence-corrected chi connectivity index (χ4v) is 1.99. The van der Waals surface area contributed by atoms with E-state index in [2.05, 4.69) is 27.6 Å². The van der Waals surface area contributed by atoms with E-state index in [1.165, 1.54) is 0 Å². The predicted octanol–water partition coefficient (Wildman–Crippen LogP) is 2.90. The molecule has 0 bridgehead atoms. The lowest BCUT2D eigenvalue weighted by Gasteiger charge is -1.97. The number of fused-ring (bicyclic) bond motifs is 1. The smallest absolute Gasteiger partial charge is 0.141 e. The molecule has 2 aromatic rings. The van der Waals surface area contributed by atoms with Crippen LogP contribution in [0.5, 0.6) is 0 Å². The SMILES string of the molecule is Cc1cc(Cl)cn2cc(I)nc12. The maximum Gasteiger partial charge on any atom is 0.141 e. The molecule has 2 nitrogen and oxygen atoms in total. The number of imidazole rings is 1. The number of hydrogen-bond acceptors (Lipinski definition) is 1. The topological polar surface area (TPSA) is 17.3 Å². The van der Waals surface area contributed by atoms with Crippen LogP contribution >= 0.6 is 34.2 Å². The van der Waals surface area contributed by atoms with Gasteiger partial charge in [-0.15, -0.1) is 0 Å². The highest BCUT2D eigenvalue weighted by molar-refractivity contribution is 14.1. The molecule has 0 fully saturated rings. The molecule has 62 valence electrons. The van der Waals surface area contributed by atoms with Crippen LogP contribution in [0, 0.1) is 10.6 Å². The predicted molar refractivity (Wildman–Crippen MR) is 57.7 cm³/mol. The molecule has 0 aliphatic heterocycles. The van der Waals surface area contributed by atoms with Crippen molar-refractivity contribution >= 4 is 39.8 Å². The summed E-state index contributed by atoms with van der Waals surface area (Å²) in [7, 11) is 0. The normalized spacial score (nSPS) is 10.9. The second-order valence-corrected chi connectivity index (χ2v) is 4.18. The zero-order chi connectivity index (χ0) is 8.72. The van der Waals surface area contributed by atoms with Crippen molar-refractivity contribution in [1.29, 1.82) is 0 Å². The van der Waals surface area contributed by atoms with Crippen LogP contribution in [0.3, 0.4) is 0 Å². The van der Waals surface area contributed by atoms with Crippen molar-refractivity contribution in [2.24, 2.45) is 0 Å². The second-order valence-electron chi connectivity index (χ2n) is 2.64. The Morgan fingerprint density at radius 1 is 1.50 bits per heavy atom. The van der Waals surface area contributed by atoms with Crippen molar-refractivity contribution < 1.29 is 0 Å². The molecule has 0 aliphatic carbocycles. The Hall–Kier alpha value is -0.290. The Labute approximate surface area is 88.7 Å². The van der Waals surface area contributed by atoms with E-state index in [0.717, 1.165) is 19.9 Å². The van der Waals surface area contributed by atoms with Crippen molar-refractivity contribution in [1.82, 2.24) is 9.38 Å². The lowest BCUT2D eigenvalue weighted by atomic mass is 10.3. The molecule has 12 heavy (non-hydrogen) atoms. The highest BCUT2D eigenvalue weighted by Crippen LogP contribution is 2.16. The standard InChI is InChI=1S/C8H6ClIN2/c1-5-2-6(9)3-12-4-7(10)11-8(5)12/h2-4H,1H3. The van der Waals surface area contributed by atoms with Crippen LogP contribution in [0.15, 0.2) is 18.5 Å². The molecule has 0 spiro atoms. The lowest BCUT2D eigenvalue weighted by Crippen LogP contribution is -1.85. The largest absolute Gasteiger partial charge is 0.304 e. The van der Waals surface area contributed by atoms with Gasteiger partial charge in [0.25, 0.3) is 0 Å². The van der Waals surface area contributed by atoms with Crippen molar-refractivity contribution in [2.75, 3.05) is 0 Å². The van der Waals surface area contributed by atoms with Gasteiger partial charge in [0.15, 0.2) is 0 Å². The van der Waals surface area contributed by atoms with Crippen molar-refractivity contribution in [3.63, 3.8) is 0 Å². The van der Waals surface area contributed by atoms with E-state index in [1.54, 1.807) is 0 Å². The molecule has 0 radical (unpaired) electrons. The Morgan fingerprint density at radius 3 is 3.00 bits per heavy atom. The van der Waals surface area contributed by atoms with Gasteiger partial charge in [0.2, 0.25) is 0 Å². The van der Waals surface area contributed by atoms with E-state index >= 15 is 0 Å². The summed E-state index contributed by atoms with van der Waals surface area (Å²) in [5, 5.41) is 0.744. The minimum absolute atomic E-state index is 0.744. The molecule has 2 aromatic heterocycles. The number of rotatable bonds is 0.